The molecule has 2 aromatic carbocycles. The topological polar surface area (TPSA) is 84.7 Å². The van der Waals surface area contributed by atoms with Crippen molar-refractivity contribution in [2.45, 2.75) is 44.6 Å². The number of piperidine rings is 1. The maximum absolute atomic E-state index is 12.9. The lowest BCUT2D eigenvalue weighted by Crippen LogP contribution is -2.48. The van der Waals surface area contributed by atoms with E-state index in [-0.39, 0.29) is 11.9 Å². The number of hydrogen-bond donors (Lipinski definition) is 2. The third kappa shape index (κ3) is 5.71. The average molecular weight is 424 g/mol. The Hall–Kier alpha value is -2.70. The highest BCUT2D eigenvalue weighted by atomic mass is 16.5. The molecule has 0 saturated carbocycles. The van der Waals surface area contributed by atoms with Gasteiger partial charge in [-0.15, -0.1) is 0 Å². The van der Waals surface area contributed by atoms with Gasteiger partial charge < -0.3 is 20.7 Å². The number of anilines is 1. The van der Waals surface area contributed by atoms with E-state index in [1.807, 2.05) is 61.5 Å². The van der Waals surface area contributed by atoms with E-state index in [0.717, 1.165) is 50.1 Å². The van der Waals surface area contributed by atoms with Crippen molar-refractivity contribution in [1.29, 1.82) is 0 Å². The van der Waals surface area contributed by atoms with E-state index in [1.54, 1.807) is 6.92 Å². The minimum absolute atomic E-state index is 0.106. The number of nitrogens with two attached hydrogens (primary N) is 1. The van der Waals surface area contributed by atoms with Crippen LogP contribution in [-0.2, 0) is 26.2 Å². The number of esters is 1. The van der Waals surface area contributed by atoms with Gasteiger partial charge in [-0.1, -0.05) is 42.5 Å². The molecule has 31 heavy (non-hydrogen) atoms. The Morgan fingerprint density at radius 2 is 1.74 bits per heavy atom. The zero-order chi connectivity index (χ0) is 22.3. The first-order valence-corrected chi connectivity index (χ1v) is 11.0. The summed E-state index contributed by atoms with van der Waals surface area (Å²) >= 11 is 0. The number of carbonyl (C=O) groups is 2. The zero-order valence-corrected chi connectivity index (χ0v) is 18.5. The summed E-state index contributed by atoms with van der Waals surface area (Å²) in [5.74, 6) is -0.296. The van der Waals surface area contributed by atoms with Gasteiger partial charge in [0, 0.05) is 12.2 Å². The van der Waals surface area contributed by atoms with Crippen molar-refractivity contribution in [3.63, 3.8) is 0 Å². The number of likely N-dealkylation sites (tertiary alicyclic amines) is 1. The molecule has 6 nitrogen and oxygen atoms in total. The van der Waals surface area contributed by atoms with Gasteiger partial charge in [-0.25, -0.2) is 0 Å². The molecule has 1 heterocycles. The molecule has 2 aromatic rings. The number of nitrogens with one attached hydrogen (secondary N) is 1. The fourth-order valence-corrected chi connectivity index (χ4v) is 4.09. The Bertz CT molecular complexity index is 857. The van der Waals surface area contributed by atoms with Gasteiger partial charge in [0.15, 0.2) is 0 Å². The molecule has 1 aliphatic heterocycles. The summed E-state index contributed by atoms with van der Waals surface area (Å²) in [6.45, 7) is 6.57. The van der Waals surface area contributed by atoms with Crippen LogP contribution in [0.4, 0.5) is 5.69 Å². The maximum atomic E-state index is 12.9. The van der Waals surface area contributed by atoms with Crippen LogP contribution >= 0.6 is 0 Å². The van der Waals surface area contributed by atoms with Gasteiger partial charge in [-0.2, -0.15) is 0 Å². The van der Waals surface area contributed by atoms with Crippen LogP contribution in [0.1, 0.15) is 37.8 Å². The minimum atomic E-state index is -0.548. The van der Waals surface area contributed by atoms with Crippen LogP contribution in [0.5, 0.6) is 0 Å². The molecule has 3 rings (SSSR count). The van der Waals surface area contributed by atoms with Gasteiger partial charge in [0.1, 0.15) is 0 Å². The molecule has 3 N–H and O–H groups in total. The SMILES string of the molecule is CCOC(=O)C1(c2ccccc2)CCN(CCc2ccc(NC(=O)C(C)N)cc2)CC1. The highest BCUT2D eigenvalue weighted by Crippen LogP contribution is 2.37. The van der Waals surface area contributed by atoms with E-state index in [9.17, 15) is 9.59 Å². The lowest BCUT2D eigenvalue weighted by Gasteiger charge is -2.40. The van der Waals surface area contributed by atoms with Crippen LogP contribution in [-0.4, -0.2) is 49.1 Å². The van der Waals surface area contributed by atoms with Crippen LogP contribution in [0, 0.1) is 0 Å². The van der Waals surface area contributed by atoms with Crippen molar-refractivity contribution in [3.8, 4) is 0 Å². The number of benzene rings is 2. The molecule has 0 spiro atoms. The Morgan fingerprint density at radius 1 is 1.10 bits per heavy atom. The molecule has 0 radical (unpaired) electrons. The number of rotatable bonds is 8. The highest BCUT2D eigenvalue weighted by molar-refractivity contribution is 5.94. The first-order chi connectivity index (χ1) is 14.9. The molecule has 1 atom stereocenters. The van der Waals surface area contributed by atoms with Crippen LogP contribution in [0.15, 0.2) is 54.6 Å². The van der Waals surface area contributed by atoms with Crippen molar-refractivity contribution >= 4 is 17.6 Å². The van der Waals surface area contributed by atoms with Gasteiger partial charge in [-0.05, 0) is 69.5 Å². The lowest BCUT2D eigenvalue weighted by molar-refractivity contribution is -0.152. The third-order valence-corrected chi connectivity index (χ3v) is 6.05. The van der Waals surface area contributed by atoms with Gasteiger partial charge in [-0.3, -0.25) is 9.59 Å². The smallest absolute Gasteiger partial charge is 0.316 e. The highest BCUT2D eigenvalue weighted by Gasteiger charge is 2.44. The van der Waals surface area contributed by atoms with Crippen LogP contribution < -0.4 is 11.1 Å². The Morgan fingerprint density at radius 3 is 2.32 bits per heavy atom. The van der Waals surface area contributed by atoms with Gasteiger partial charge in [0.05, 0.1) is 18.1 Å². The van der Waals surface area contributed by atoms with Crippen molar-refractivity contribution in [2.24, 2.45) is 5.73 Å². The second-order valence-corrected chi connectivity index (χ2v) is 8.24. The van der Waals surface area contributed by atoms with E-state index in [4.69, 9.17) is 10.5 Å². The lowest BCUT2D eigenvalue weighted by atomic mass is 9.72. The van der Waals surface area contributed by atoms with E-state index >= 15 is 0 Å². The van der Waals surface area contributed by atoms with Crippen LogP contribution in [0.25, 0.3) is 0 Å². The molecule has 1 saturated heterocycles. The Kier molecular flexibility index (Phi) is 7.82. The summed E-state index contributed by atoms with van der Waals surface area (Å²) < 4.78 is 5.46. The van der Waals surface area contributed by atoms with Crippen molar-refractivity contribution in [1.82, 2.24) is 4.90 Å². The van der Waals surface area contributed by atoms with E-state index in [1.165, 1.54) is 5.56 Å². The average Bonchev–Trinajstić information content (AvgIpc) is 2.79. The largest absolute Gasteiger partial charge is 0.465 e. The fraction of sp³-hybridized carbons (Fsp3) is 0.440. The standard InChI is InChI=1S/C25H33N3O3/c1-3-31-24(30)25(21-7-5-4-6-8-21)14-17-28(18-15-25)16-13-20-9-11-22(12-10-20)27-23(29)19(2)26/h4-12,19H,3,13-18,26H2,1-2H3,(H,27,29). The summed E-state index contributed by atoms with van der Waals surface area (Å²) in [7, 11) is 0. The molecule has 1 aliphatic rings. The summed E-state index contributed by atoms with van der Waals surface area (Å²) in [6.07, 6.45) is 2.44. The number of hydrogen-bond acceptors (Lipinski definition) is 5. The predicted octanol–water partition coefficient (Wildman–Crippen LogP) is 3.11. The molecule has 6 heteroatoms. The molecule has 0 bridgehead atoms. The second-order valence-electron chi connectivity index (χ2n) is 8.24. The first-order valence-electron chi connectivity index (χ1n) is 11.0. The zero-order valence-electron chi connectivity index (χ0n) is 18.5. The molecular weight excluding hydrogens is 390 g/mol. The van der Waals surface area contributed by atoms with Crippen molar-refractivity contribution in [2.75, 3.05) is 31.6 Å². The maximum Gasteiger partial charge on any atom is 0.316 e. The number of nitrogens with zero attached hydrogens (tertiary/aromatic N) is 1. The Balaban J connectivity index is 1.56. The summed E-state index contributed by atoms with van der Waals surface area (Å²) in [5.41, 5.74) is 8.06. The normalized spacial score (nSPS) is 17.0. The molecule has 0 aliphatic carbocycles. The fourth-order valence-electron chi connectivity index (χ4n) is 4.09. The van der Waals surface area contributed by atoms with Gasteiger partial charge in [0.25, 0.3) is 0 Å². The van der Waals surface area contributed by atoms with E-state index in [0.29, 0.717) is 6.61 Å². The molecule has 1 fully saturated rings. The van der Waals surface area contributed by atoms with Gasteiger partial charge in [0.2, 0.25) is 5.91 Å². The summed E-state index contributed by atoms with van der Waals surface area (Å²) in [6, 6.07) is 17.4. The monoisotopic (exact) mass is 423 g/mol. The Labute approximate surface area is 184 Å². The minimum Gasteiger partial charge on any atom is -0.465 e. The third-order valence-electron chi connectivity index (χ3n) is 6.05. The second kappa shape index (κ2) is 10.6. The molecule has 166 valence electrons. The first kappa shape index (κ1) is 23.0. The van der Waals surface area contributed by atoms with Crippen molar-refractivity contribution in [3.05, 3.63) is 65.7 Å². The number of amides is 1. The van der Waals surface area contributed by atoms with Crippen LogP contribution in [0.2, 0.25) is 0 Å². The molecular formula is C25H33N3O3. The molecule has 1 unspecified atom stereocenters. The molecule has 0 aromatic heterocycles. The summed E-state index contributed by atoms with van der Waals surface area (Å²) in [5, 5.41) is 2.80. The van der Waals surface area contributed by atoms with E-state index < -0.39 is 11.5 Å². The quantitative estimate of drug-likeness (QED) is 0.638. The van der Waals surface area contributed by atoms with Gasteiger partial charge >= 0.3 is 5.97 Å². The summed E-state index contributed by atoms with van der Waals surface area (Å²) in [4.78, 5) is 27.0. The van der Waals surface area contributed by atoms with E-state index in [2.05, 4.69) is 10.2 Å². The van der Waals surface area contributed by atoms with Crippen molar-refractivity contribution < 1.29 is 14.3 Å². The molecule has 1 amide bonds. The number of carbonyl (C=O) groups excluding carboxylic acids is 2. The van der Waals surface area contributed by atoms with Crippen LogP contribution in [0.3, 0.4) is 0 Å². The number of ether oxygens (including phenoxy) is 1. The predicted molar refractivity (Wildman–Crippen MR) is 123 cm³/mol.